The van der Waals surface area contributed by atoms with E-state index in [-0.39, 0.29) is 5.78 Å². The van der Waals surface area contributed by atoms with Crippen LogP contribution in [0.15, 0.2) is 46.1 Å². The fourth-order valence-electron chi connectivity index (χ4n) is 4.01. The van der Waals surface area contributed by atoms with E-state index in [4.69, 9.17) is 4.99 Å². The molecule has 3 aliphatic rings. The number of allylic oxidation sites excluding steroid dienone is 5. The van der Waals surface area contributed by atoms with Crippen molar-refractivity contribution in [3.63, 3.8) is 0 Å². The van der Waals surface area contributed by atoms with Gasteiger partial charge in [0.05, 0.1) is 33.9 Å². The maximum atomic E-state index is 12.7. The van der Waals surface area contributed by atoms with Crippen molar-refractivity contribution in [2.45, 2.75) is 12.8 Å². The number of carbonyl (C=O) groups is 3. The van der Waals surface area contributed by atoms with E-state index in [0.29, 0.717) is 54.2 Å². The first-order chi connectivity index (χ1) is 14.4. The van der Waals surface area contributed by atoms with Gasteiger partial charge in [-0.1, -0.05) is 6.08 Å². The summed E-state index contributed by atoms with van der Waals surface area (Å²) in [4.78, 5) is 47.5. The molecule has 0 unspecified atom stereocenters. The second kappa shape index (κ2) is 7.93. The van der Waals surface area contributed by atoms with Gasteiger partial charge in [0.1, 0.15) is 0 Å². The van der Waals surface area contributed by atoms with Gasteiger partial charge < -0.3 is 15.2 Å². The number of aromatic amines is 1. The van der Waals surface area contributed by atoms with Crippen molar-refractivity contribution in [2.24, 2.45) is 4.99 Å². The Morgan fingerprint density at radius 2 is 1.87 bits per heavy atom. The van der Waals surface area contributed by atoms with Crippen LogP contribution < -0.4 is 5.32 Å². The van der Waals surface area contributed by atoms with Crippen molar-refractivity contribution in [1.29, 1.82) is 0 Å². The van der Waals surface area contributed by atoms with Gasteiger partial charge in [0.25, 0.3) is 0 Å². The van der Waals surface area contributed by atoms with Crippen LogP contribution in [0.1, 0.15) is 33.7 Å². The Labute approximate surface area is 174 Å². The predicted molar refractivity (Wildman–Crippen MR) is 116 cm³/mol. The molecule has 7 heteroatoms. The number of hydrogen-bond acceptors (Lipinski definition) is 6. The molecule has 0 amide bonds. The largest absolute Gasteiger partial charge is 0.353 e. The lowest BCUT2D eigenvalue weighted by molar-refractivity contribution is -0.111. The Balaban J connectivity index is 1.88. The van der Waals surface area contributed by atoms with Crippen LogP contribution in [0.4, 0.5) is 0 Å². The standard InChI is InChI=1S/C23H24N4O3/c1-24-11-9-13-19-15(5-4-6-17(19)28)25-21(13)22-14(10-12-27(2)3)20-16(26-22)7-8-18(29)23(20)30/h4-8,24,26H,9-12H2,1-3H3. The Bertz CT molecular complexity index is 1110. The summed E-state index contributed by atoms with van der Waals surface area (Å²) in [5.41, 5.74) is 5.35. The zero-order chi connectivity index (χ0) is 21.4. The molecule has 1 aromatic heterocycles. The zero-order valence-corrected chi connectivity index (χ0v) is 17.3. The number of nitrogens with zero attached hydrogens (tertiary/aromatic N) is 2. The minimum Gasteiger partial charge on any atom is -0.353 e. The van der Waals surface area contributed by atoms with E-state index in [2.05, 4.69) is 10.3 Å². The summed E-state index contributed by atoms with van der Waals surface area (Å²) in [5.74, 6) is -1.08. The summed E-state index contributed by atoms with van der Waals surface area (Å²) in [6.45, 7) is 1.40. The summed E-state index contributed by atoms with van der Waals surface area (Å²) in [7, 11) is 5.78. The Morgan fingerprint density at radius 3 is 2.60 bits per heavy atom. The Hall–Kier alpha value is -3.16. The molecule has 7 nitrogen and oxygen atoms in total. The molecule has 1 aromatic rings. The third-order valence-corrected chi connectivity index (χ3v) is 5.48. The van der Waals surface area contributed by atoms with Gasteiger partial charge in [-0.15, -0.1) is 0 Å². The van der Waals surface area contributed by atoms with Crippen LogP contribution >= 0.6 is 0 Å². The first kappa shape index (κ1) is 20.1. The predicted octanol–water partition coefficient (Wildman–Crippen LogP) is 1.63. The molecule has 0 spiro atoms. The molecule has 2 N–H and O–H groups in total. The highest BCUT2D eigenvalue weighted by Gasteiger charge is 2.35. The molecule has 30 heavy (non-hydrogen) atoms. The van der Waals surface area contributed by atoms with Gasteiger partial charge in [-0.3, -0.25) is 14.4 Å². The monoisotopic (exact) mass is 404 g/mol. The van der Waals surface area contributed by atoms with Gasteiger partial charge in [0.15, 0.2) is 5.78 Å². The molecule has 0 fully saturated rings. The first-order valence-electron chi connectivity index (χ1n) is 9.99. The second-order valence-corrected chi connectivity index (χ2v) is 7.79. The molecule has 0 radical (unpaired) electrons. The summed E-state index contributed by atoms with van der Waals surface area (Å²) in [5, 5.41) is 3.13. The van der Waals surface area contributed by atoms with E-state index in [0.717, 1.165) is 16.8 Å². The fraction of sp³-hybridized carbons (Fsp3) is 0.304. The van der Waals surface area contributed by atoms with Gasteiger partial charge in [0, 0.05) is 6.54 Å². The van der Waals surface area contributed by atoms with Crippen LogP contribution in [0.25, 0.3) is 6.08 Å². The summed E-state index contributed by atoms with van der Waals surface area (Å²) in [6, 6.07) is 0. The molecular weight excluding hydrogens is 380 g/mol. The number of likely N-dealkylation sites (N-methyl/N-ethyl adjacent to an activating group) is 1. The lowest BCUT2D eigenvalue weighted by atomic mass is 9.90. The highest BCUT2D eigenvalue weighted by Crippen LogP contribution is 2.36. The number of ketones is 3. The number of carbonyl (C=O) groups excluding carboxylic acids is 3. The van der Waals surface area contributed by atoms with Crippen LogP contribution in [0.5, 0.6) is 0 Å². The average molecular weight is 404 g/mol. The van der Waals surface area contributed by atoms with Crippen molar-refractivity contribution in [3.8, 4) is 0 Å². The van der Waals surface area contributed by atoms with E-state index in [9.17, 15) is 14.4 Å². The van der Waals surface area contributed by atoms with Crippen molar-refractivity contribution in [1.82, 2.24) is 15.2 Å². The average Bonchev–Trinajstić information content (AvgIpc) is 3.26. The molecule has 1 aliphatic heterocycles. The summed E-state index contributed by atoms with van der Waals surface area (Å²) < 4.78 is 0. The normalized spacial score (nSPS) is 17.7. The summed E-state index contributed by atoms with van der Waals surface area (Å²) >= 11 is 0. The van der Waals surface area contributed by atoms with Gasteiger partial charge in [0.2, 0.25) is 11.6 Å². The van der Waals surface area contributed by atoms with Crippen molar-refractivity contribution < 1.29 is 14.4 Å². The molecule has 154 valence electrons. The van der Waals surface area contributed by atoms with Crippen molar-refractivity contribution in [3.05, 3.63) is 63.7 Å². The van der Waals surface area contributed by atoms with Gasteiger partial charge in [-0.25, -0.2) is 4.99 Å². The number of aliphatic imine (C=N–C) groups is 1. The van der Waals surface area contributed by atoms with Crippen LogP contribution in [0.2, 0.25) is 0 Å². The highest BCUT2D eigenvalue weighted by molar-refractivity contribution is 6.50. The number of aromatic nitrogens is 1. The number of fused-ring (bicyclic) bond motifs is 2. The topological polar surface area (TPSA) is 94.6 Å². The first-order valence-corrected chi connectivity index (χ1v) is 9.99. The van der Waals surface area contributed by atoms with E-state index < -0.39 is 11.6 Å². The van der Waals surface area contributed by atoms with E-state index in [1.54, 1.807) is 18.2 Å². The zero-order valence-electron chi connectivity index (χ0n) is 17.3. The smallest absolute Gasteiger partial charge is 0.235 e. The highest BCUT2D eigenvalue weighted by atomic mass is 16.2. The number of hydrogen-bond donors (Lipinski definition) is 2. The molecule has 2 aliphatic carbocycles. The van der Waals surface area contributed by atoms with E-state index in [1.807, 2.05) is 32.1 Å². The maximum absolute atomic E-state index is 12.7. The molecule has 2 heterocycles. The molecule has 0 aromatic carbocycles. The number of Topliss-reactive ketones (excluding diaryl/α,β-unsaturated/α-hetero) is 1. The third kappa shape index (κ3) is 3.36. The van der Waals surface area contributed by atoms with E-state index in [1.165, 1.54) is 6.08 Å². The van der Waals surface area contributed by atoms with Crippen LogP contribution in [0, 0.1) is 0 Å². The molecule has 0 bridgehead atoms. The minimum absolute atomic E-state index is 0.0605. The van der Waals surface area contributed by atoms with Gasteiger partial charge in [-0.2, -0.15) is 0 Å². The van der Waals surface area contributed by atoms with Crippen molar-refractivity contribution in [2.75, 3.05) is 34.2 Å². The third-order valence-electron chi connectivity index (χ3n) is 5.48. The lowest BCUT2D eigenvalue weighted by Crippen LogP contribution is -2.21. The van der Waals surface area contributed by atoms with E-state index >= 15 is 0 Å². The summed E-state index contributed by atoms with van der Waals surface area (Å²) in [6.07, 6.45) is 9.25. The molecule has 4 rings (SSSR count). The molecule has 0 saturated carbocycles. The Morgan fingerprint density at radius 1 is 1.07 bits per heavy atom. The minimum atomic E-state index is -0.517. The quantitative estimate of drug-likeness (QED) is 0.674. The molecule has 0 atom stereocenters. The van der Waals surface area contributed by atoms with Gasteiger partial charge >= 0.3 is 0 Å². The number of H-pyrrole nitrogens is 1. The molecule has 0 saturated heterocycles. The van der Waals surface area contributed by atoms with Crippen LogP contribution in [-0.4, -0.2) is 67.2 Å². The Kier molecular flexibility index (Phi) is 5.32. The molecular formula is C23H24N4O3. The number of rotatable bonds is 7. The van der Waals surface area contributed by atoms with Crippen LogP contribution in [0.3, 0.4) is 0 Å². The van der Waals surface area contributed by atoms with Gasteiger partial charge in [-0.05, 0) is 76.0 Å². The SMILES string of the molecule is CNCCC1=C2C(=O)C=CC=C2N=C1c1[nH]c2c(c1CCN(C)C)C(=O)C(=O)C=C2. The fourth-order valence-corrected chi connectivity index (χ4v) is 4.01. The second-order valence-electron chi connectivity index (χ2n) is 7.79. The lowest BCUT2D eigenvalue weighted by Gasteiger charge is -2.14. The maximum Gasteiger partial charge on any atom is 0.235 e. The van der Waals surface area contributed by atoms with Crippen molar-refractivity contribution >= 4 is 29.1 Å². The number of nitrogens with one attached hydrogen (secondary N) is 2. The van der Waals surface area contributed by atoms with Crippen LogP contribution in [-0.2, 0) is 16.0 Å².